The minimum absolute atomic E-state index is 0.0567. The Balaban J connectivity index is 2.83. The molecule has 0 aliphatic carbocycles. The third-order valence-electron chi connectivity index (χ3n) is 2.19. The first-order valence-corrected chi connectivity index (χ1v) is 6.99. The summed E-state index contributed by atoms with van der Waals surface area (Å²) in [4.78, 5) is 0.0567. The molecule has 3 N–H and O–H groups in total. The predicted octanol–water partition coefficient (Wildman–Crippen LogP) is 0.300. The number of hydrogen-bond acceptors (Lipinski definition) is 6. The number of anilines is 1. The number of hydrogen-bond donors (Lipinski definition) is 3. The molecular weight excluding hydrogens is 280 g/mol. The maximum absolute atomic E-state index is 11.7. The minimum atomic E-state index is -3.64. The van der Waals surface area contributed by atoms with Crippen LogP contribution in [0.1, 0.15) is 0 Å². The molecule has 0 amide bonds. The second-order valence-electron chi connectivity index (χ2n) is 3.57. The Morgan fingerprint density at radius 1 is 1.25 bits per heavy atom. The molecular formula is C12H12N4O3S. The largest absolute Gasteiger partial charge is 0.395 e. The normalized spacial score (nSPS) is 10.2. The summed E-state index contributed by atoms with van der Waals surface area (Å²) in [6, 6.07) is 9.11. The topological polar surface area (TPSA) is 126 Å². The zero-order chi connectivity index (χ0) is 15.0. The number of aliphatic hydroxyl groups excluding tert-OH is 1. The van der Waals surface area contributed by atoms with E-state index in [-0.39, 0.29) is 23.6 Å². The average Bonchev–Trinajstić information content (AvgIpc) is 2.47. The molecule has 8 heteroatoms. The molecule has 20 heavy (non-hydrogen) atoms. The second kappa shape index (κ2) is 7.26. The van der Waals surface area contributed by atoms with Gasteiger partial charge in [0.2, 0.25) is 10.0 Å². The SMILES string of the molecule is N#CC(C#N)=CNc1ccc(S(=O)(=O)NCCO)cc1. The van der Waals surface area contributed by atoms with Gasteiger partial charge >= 0.3 is 0 Å². The highest BCUT2D eigenvalue weighted by Gasteiger charge is 2.12. The zero-order valence-corrected chi connectivity index (χ0v) is 11.2. The van der Waals surface area contributed by atoms with Gasteiger partial charge in [0.05, 0.1) is 11.5 Å². The first-order chi connectivity index (χ1) is 9.53. The van der Waals surface area contributed by atoms with Gasteiger partial charge in [0.25, 0.3) is 0 Å². The first-order valence-electron chi connectivity index (χ1n) is 5.51. The number of aliphatic hydroxyl groups is 1. The van der Waals surface area contributed by atoms with Crippen LogP contribution in [-0.2, 0) is 10.0 Å². The van der Waals surface area contributed by atoms with E-state index >= 15 is 0 Å². The monoisotopic (exact) mass is 292 g/mol. The molecule has 1 aromatic carbocycles. The highest BCUT2D eigenvalue weighted by atomic mass is 32.2. The Hall–Kier alpha value is -2.39. The van der Waals surface area contributed by atoms with Gasteiger partial charge in [-0.2, -0.15) is 10.5 Å². The van der Waals surface area contributed by atoms with E-state index in [0.717, 1.165) is 0 Å². The Labute approximate surface area is 116 Å². The molecule has 0 saturated heterocycles. The van der Waals surface area contributed by atoms with Crippen molar-refractivity contribution in [2.75, 3.05) is 18.5 Å². The predicted molar refractivity (Wildman–Crippen MR) is 71.6 cm³/mol. The number of benzene rings is 1. The number of nitrogens with zero attached hydrogens (tertiary/aromatic N) is 2. The van der Waals surface area contributed by atoms with Gasteiger partial charge in [-0.15, -0.1) is 0 Å². The average molecular weight is 292 g/mol. The van der Waals surface area contributed by atoms with Crippen molar-refractivity contribution in [1.29, 1.82) is 10.5 Å². The molecule has 104 valence electrons. The Morgan fingerprint density at radius 3 is 2.35 bits per heavy atom. The molecule has 1 rings (SSSR count). The maximum Gasteiger partial charge on any atom is 0.240 e. The molecule has 0 heterocycles. The van der Waals surface area contributed by atoms with Gasteiger partial charge in [0.1, 0.15) is 17.7 Å². The summed E-state index contributed by atoms with van der Waals surface area (Å²) in [5.41, 5.74) is 0.445. The molecule has 0 spiro atoms. The highest BCUT2D eigenvalue weighted by Crippen LogP contribution is 2.14. The quantitative estimate of drug-likeness (QED) is 0.647. The molecule has 0 atom stereocenters. The van der Waals surface area contributed by atoms with Gasteiger partial charge in [-0.1, -0.05) is 0 Å². The Kier molecular flexibility index (Phi) is 5.69. The van der Waals surface area contributed by atoms with Crippen LogP contribution >= 0.6 is 0 Å². The van der Waals surface area contributed by atoms with E-state index in [4.69, 9.17) is 15.6 Å². The number of nitriles is 2. The fourth-order valence-corrected chi connectivity index (χ4v) is 2.26. The molecule has 7 nitrogen and oxygen atoms in total. The molecule has 0 fully saturated rings. The van der Waals surface area contributed by atoms with Gasteiger partial charge in [-0.25, -0.2) is 13.1 Å². The number of nitrogens with one attached hydrogen (secondary N) is 2. The molecule has 0 unspecified atom stereocenters. The van der Waals surface area contributed by atoms with E-state index in [1.165, 1.54) is 30.5 Å². The van der Waals surface area contributed by atoms with Gasteiger partial charge in [0, 0.05) is 18.4 Å². The molecule has 1 aromatic rings. The summed E-state index contributed by atoms with van der Waals surface area (Å²) in [5.74, 6) is 0. The summed E-state index contributed by atoms with van der Waals surface area (Å²) in [7, 11) is -3.64. The van der Waals surface area contributed by atoms with Crippen LogP contribution in [0.25, 0.3) is 0 Å². The van der Waals surface area contributed by atoms with Crippen LogP contribution in [0.2, 0.25) is 0 Å². The summed E-state index contributed by atoms with van der Waals surface area (Å²) in [5, 5.41) is 28.4. The van der Waals surface area contributed by atoms with Gasteiger partial charge < -0.3 is 10.4 Å². The summed E-state index contributed by atoms with van der Waals surface area (Å²) < 4.78 is 25.7. The van der Waals surface area contributed by atoms with Crippen LogP contribution in [0, 0.1) is 22.7 Å². The molecule has 0 bridgehead atoms. The third kappa shape index (κ3) is 4.37. The van der Waals surface area contributed by atoms with Crippen molar-refractivity contribution in [3.05, 3.63) is 36.0 Å². The lowest BCUT2D eigenvalue weighted by molar-refractivity contribution is 0.301. The fraction of sp³-hybridized carbons (Fsp3) is 0.167. The van der Waals surface area contributed by atoms with Crippen molar-refractivity contribution in [3.63, 3.8) is 0 Å². The van der Waals surface area contributed by atoms with Crippen LogP contribution in [0.15, 0.2) is 40.9 Å². The van der Waals surface area contributed by atoms with Crippen LogP contribution in [0.5, 0.6) is 0 Å². The van der Waals surface area contributed by atoms with Crippen LogP contribution in [0.4, 0.5) is 5.69 Å². The molecule has 0 radical (unpaired) electrons. The van der Waals surface area contributed by atoms with Crippen molar-refractivity contribution >= 4 is 15.7 Å². The molecule has 0 aliphatic rings. The van der Waals surface area contributed by atoms with Crippen molar-refractivity contribution in [2.45, 2.75) is 4.90 Å². The van der Waals surface area contributed by atoms with E-state index in [1.807, 2.05) is 0 Å². The molecule has 0 aliphatic heterocycles. The number of sulfonamides is 1. The van der Waals surface area contributed by atoms with Crippen molar-refractivity contribution in [2.24, 2.45) is 0 Å². The Morgan fingerprint density at radius 2 is 1.85 bits per heavy atom. The van der Waals surface area contributed by atoms with Crippen LogP contribution in [0.3, 0.4) is 0 Å². The summed E-state index contributed by atoms with van der Waals surface area (Å²) >= 11 is 0. The van der Waals surface area contributed by atoms with E-state index in [2.05, 4.69) is 10.0 Å². The minimum Gasteiger partial charge on any atom is -0.395 e. The molecule has 0 aromatic heterocycles. The van der Waals surface area contributed by atoms with Crippen LogP contribution in [-0.4, -0.2) is 26.7 Å². The summed E-state index contributed by atoms with van der Waals surface area (Å²) in [6.07, 6.45) is 1.23. The summed E-state index contributed by atoms with van der Waals surface area (Å²) in [6.45, 7) is -0.340. The van der Waals surface area contributed by atoms with Crippen molar-refractivity contribution in [1.82, 2.24) is 4.72 Å². The lowest BCUT2D eigenvalue weighted by Gasteiger charge is -2.06. The van der Waals surface area contributed by atoms with Gasteiger partial charge in [-0.3, -0.25) is 0 Å². The van der Waals surface area contributed by atoms with Crippen molar-refractivity contribution < 1.29 is 13.5 Å². The second-order valence-corrected chi connectivity index (χ2v) is 5.34. The fourth-order valence-electron chi connectivity index (χ4n) is 1.24. The first kappa shape index (κ1) is 15.7. The third-order valence-corrected chi connectivity index (χ3v) is 3.67. The number of allylic oxidation sites excluding steroid dienone is 1. The van der Waals surface area contributed by atoms with Gasteiger partial charge in [0.15, 0.2) is 0 Å². The highest BCUT2D eigenvalue weighted by molar-refractivity contribution is 7.89. The van der Waals surface area contributed by atoms with Crippen molar-refractivity contribution in [3.8, 4) is 12.1 Å². The maximum atomic E-state index is 11.7. The lowest BCUT2D eigenvalue weighted by Crippen LogP contribution is -2.26. The van der Waals surface area contributed by atoms with E-state index in [0.29, 0.717) is 5.69 Å². The smallest absolute Gasteiger partial charge is 0.240 e. The lowest BCUT2D eigenvalue weighted by atomic mass is 10.3. The standard InChI is InChI=1S/C12H12N4O3S/c13-7-10(8-14)9-15-11-1-3-12(4-2-11)20(18,19)16-5-6-17/h1-4,9,15-17H,5-6H2. The van der Waals surface area contributed by atoms with E-state index in [9.17, 15) is 8.42 Å². The van der Waals surface area contributed by atoms with E-state index < -0.39 is 10.0 Å². The molecule has 0 saturated carbocycles. The number of rotatable bonds is 6. The van der Waals surface area contributed by atoms with Gasteiger partial charge in [-0.05, 0) is 24.3 Å². The zero-order valence-electron chi connectivity index (χ0n) is 10.4. The Bertz CT molecular complexity index is 650. The van der Waals surface area contributed by atoms with Crippen LogP contribution < -0.4 is 10.0 Å². The van der Waals surface area contributed by atoms with E-state index in [1.54, 1.807) is 12.1 Å².